The van der Waals surface area contributed by atoms with Gasteiger partial charge in [-0.25, -0.2) is 4.98 Å². The number of hydrogen-bond acceptors (Lipinski definition) is 3. The number of aromatic nitrogens is 2. The second kappa shape index (κ2) is 5.63. The van der Waals surface area contributed by atoms with Crippen LogP contribution in [0.5, 0.6) is 0 Å². The van der Waals surface area contributed by atoms with Gasteiger partial charge in [0.1, 0.15) is 5.82 Å². The van der Waals surface area contributed by atoms with E-state index in [4.69, 9.17) is 11.6 Å². The molecule has 1 amide bonds. The minimum absolute atomic E-state index is 0.0667. The Bertz CT molecular complexity index is 906. The van der Waals surface area contributed by atoms with Gasteiger partial charge in [0.2, 0.25) is 5.91 Å². The van der Waals surface area contributed by atoms with E-state index in [1.807, 2.05) is 30.3 Å². The van der Waals surface area contributed by atoms with Crippen LogP contribution in [-0.2, 0) is 4.79 Å². The molecule has 0 spiro atoms. The molecule has 0 radical (unpaired) electrons. The first-order chi connectivity index (χ1) is 11.2. The van der Waals surface area contributed by atoms with Crippen molar-refractivity contribution in [1.29, 1.82) is 0 Å². The molecule has 4 nitrogen and oxygen atoms in total. The normalized spacial score (nSPS) is 14.0. The second-order valence-electron chi connectivity index (χ2n) is 5.75. The third kappa shape index (κ3) is 2.90. The van der Waals surface area contributed by atoms with Crippen molar-refractivity contribution in [2.45, 2.75) is 12.8 Å². The fraction of sp³-hybridized carbons (Fsp3) is 0.167. The highest BCUT2D eigenvalue weighted by atomic mass is 35.5. The minimum atomic E-state index is 0.0667. The highest BCUT2D eigenvalue weighted by Gasteiger charge is 2.29. The van der Waals surface area contributed by atoms with Crippen molar-refractivity contribution in [2.24, 2.45) is 5.92 Å². The Kier molecular flexibility index (Phi) is 3.46. The van der Waals surface area contributed by atoms with Crippen LogP contribution in [0.2, 0.25) is 5.02 Å². The summed E-state index contributed by atoms with van der Waals surface area (Å²) in [7, 11) is 0. The number of amides is 1. The van der Waals surface area contributed by atoms with Crippen LogP contribution in [0.4, 0.5) is 5.82 Å². The standard InChI is InChI=1S/C18H14ClN3O/c19-16-10-20-6-5-15(16)13-4-3-12-8-17(21-9-14(12)7-13)22-18(23)11-1-2-11/h3-11H,1-2H2,(H,21,22,23). The predicted molar refractivity (Wildman–Crippen MR) is 91.3 cm³/mol. The molecule has 2 heterocycles. The number of hydrogen-bond donors (Lipinski definition) is 1. The summed E-state index contributed by atoms with van der Waals surface area (Å²) in [6.07, 6.45) is 7.09. The van der Waals surface area contributed by atoms with Gasteiger partial charge < -0.3 is 5.32 Å². The molecule has 114 valence electrons. The summed E-state index contributed by atoms with van der Waals surface area (Å²) >= 11 is 6.20. The van der Waals surface area contributed by atoms with E-state index in [1.165, 1.54) is 0 Å². The van der Waals surface area contributed by atoms with Crippen molar-refractivity contribution in [3.63, 3.8) is 0 Å². The van der Waals surface area contributed by atoms with Crippen molar-refractivity contribution in [2.75, 3.05) is 5.32 Å². The zero-order valence-electron chi connectivity index (χ0n) is 12.3. The monoisotopic (exact) mass is 323 g/mol. The van der Waals surface area contributed by atoms with Crippen LogP contribution >= 0.6 is 11.6 Å². The molecule has 4 rings (SSSR count). The molecule has 5 heteroatoms. The number of rotatable bonds is 3. The molecular weight excluding hydrogens is 310 g/mol. The van der Waals surface area contributed by atoms with Gasteiger partial charge in [0.15, 0.2) is 0 Å². The number of nitrogens with zero attached hydrogens (tertiary/aromatic N) is 2. The Hall–Kier alpha value is -2.46. The summed E-state index contributed by atoms with van der Waals surface area (Å²) in [6.45, 7) is 0. The zero-order valence-corrected chi connectivity index (χ0v) is 13.0. The van der Waals surface area contributed by atoms with Gasteiger partial charge in [0.25, 0.3) is 0 Å². The molecule has 1 fully saturated rings. The average molecular weight is 324 g/mol. The summed E-state index contributed by atoms with van der Waals surface area (Å²) in [5.41, 5.74) is 1.95. The van der Waals surface area contributed by atoms with Crippen LogP contribution in [0.15, 0.2) is 48.9 Å². The minimum Gasteiger partial charge on any atom is -0.310 e. The third-order valence-corrected chi connectivity index (χ3v) is 4.31. The zero-order chi connectivity index (χ0) is 15.8. The molecule has 0 atom stereocenters. The van der Waals surface area contributed by atoms with Crippen molar-refractivity contribution in [3.05, 3.63) is 53.9 Å². The van der Waals surface area contributed by atoms with E-state index in [0.717, 1.165) is 34.7 Å². The number of anilines is 1. The van der Waals surface area contributed by atoms with Crippen molar-refractivity contribution in [3.8, 4) is 11.1 Å². The SMILES string of the molecule is O=C(Nc1cc2ccc(-c3ccncc3Cl)cc2cn1)C1CC1. The number of benzene rings is 1. The topological polar surface area (TPSA) is 54.9 Å². The predicted octanol–water partition coefficient (Wildman–Crippen LogP) is 4.30. The Morgan fingerprint density at radius 2 is 2.00 bits per heavy atom. The fourth-order valence-corrected chi connectivity index (χ4v) is 2.79. The second-order valence-corrected chi connectivity index (χ2v) is 6.16. The maximum Gasteiger partial charge on any atom is 0.228 e. The quantitative estimate of drug-likeness (QED) is 0.782. The van der Waals surface area contributed by atoms with Crippen LogP contribution < -0.4 is 5.32 Å². The molecule has 23 heavy (non-hydrogen) atoms. The van der Waals surface area contributed by atoms with Crippen LogP contribution in [0.1, 0.15) is 12.8 Å². The Morgan fingerprint density at radius 1 is 1.13 bits per heavy atom. The van der Waals surface area contributed by atoms with E-state index in [-0.39, 0.29) is 11.8 Å². The molecule has 0 saturated heterocycles. The molecule has 1 aliphatic carbocycles. The molecule has 1 aromatic carbocycles. The van der Waals surface area contributed by atoms with Gasteiger partial charge in [0, 0.05) is 35.5 Å². The van der Waals surface area contributed by atoms with Crippen LogP contribution in [0.25, 0.3) is 21.9 Å². The average Bonchev–Trinajstić information content (AvgIpc) is 3.40. The lowest BCUT2D eigenvalue weighted by Gasteiger charge is -2.08. The van der Waals surface area contributed by atoms with Gasteiger partial charge in [-0.15, -0.1) is 0 Å². The summed E-state index contributed by atoms with van der Waals surface area (Å²) in [6, 6.07) is 9.84. The van der Waals surface area contributed by atoms with E-state index < -0.39 is 0 Å². The number of nitrogens with one attached hydrogen (secondary N) is 1. The van der Waals surface area contributed by atoms with Crippen LogP contribution in [-0.4, -0.2) is 15.9 Å². The molecule has 0 aliphatic heterocycles. The fourth-order valence-electron chi connectivity index (χ4n) is 2.56. The molecule has 0 unspecified atom stereocenters. The number of carbonyl (C=O) groups excluding carboxylic acids is 1. The number of halogens is 1. The highest BCUT2D eigenvalue weighted by molar-refractivity contribution is 6.33. The first kappa shape index (κ1) is 14.2. The van der Waals surface area contributed by atoms with Crippen molar-refractivity contribution < 1.29 is 4.79 Å². The van der Waals surface area contributed by atoms with E-state index >= 15 is 0 Å². The summed E-state index contributed by atoms with van der Waals surface area (Å²) in [5.74, 6) is 0.838. The first-order valence-corrected chi connectivity index (χ1v) is 7.89. The summed E-state index contributed by atoms with van der Waals surface area (Å²) in [5, 5.41) is 5.52. The lowest BCUT2D eigenvalue weighted by molar-refractivity contribution is -0.117. The van der Waals surface area contributed by atoms with E-state index in [2.05, 4.69) is 15.3 Å². The smallest absolute Gasteiger partial charge is 0.228 e. The highest BCUT2D eigenvalue weighted by Crippen LogP contribution is 2.31. The van der Waals surface area contributed by atoms with Gasteiger partial charge in [0.05, 0.1) is 5.02 Å². The van der Waals surface area contributed by atoms with Crippen molar-refractivity contribution >= 4 is 34.1 Å². The van der Waals surface area contributed by atoms with E-state index in [0.29, 0.717) is 10.8 Å². The van der Waals surface area contributed by atoms with Crippen molar-refractivity contribution in [1.82, 2.24) is 9.97 Å². The lowest BCUT2D eigenvalue weighted by atomic mass is 10.0. The molecule has 1 saturated carbocycles. The lowest BCUT2D eigenvalue weighted by Crippen LogP contribution is -2.14. The Labute approximate surface area is 138 Å². The van der Waals surface area contributed by atoms with Gasteiger partial charge >= 0.3 is 0 Å². The molecule has 3 aromatic rings. The van der Waals surface area contributed by atoms with Crippen LogP contribution in [0.3, 0.4) is 0 Å². The molecule has 1 aliphatic rings. The number of pyridine rings is 2. The molecule has 0 bridgehead atoms. The number of fused-ring (bicyclic) bond motifs is 1. The van der Waals surface area contributed by atoms with Crippen LogP contribution in [0, 0.1) is 5.92 Å². The van der Waals surface area contributed by atoms with Gasteiger partial charge in [-0.3, -0.25) is 9.78 Å². The maximum atomic E-state index is 11.8. The van der Waals surface area contributed by atoms with Gasteiger partial charge in [-0.2, -0.15) is 0 Å². The van der Waals surface area contributed by atoms with E-state index in [9.17, 15) is 4.79 Å². The first-order valence-electron chi connectivity index (χ1n) is 7.51. The molecule has 1 N–H and O–H groups in total. The maximum absolute atomic E-state index is 11.8. The molecular formula is C18H14ClN3O. The summed E-state index contributed by atoms with van der Waals surface area (Å²) < 4.78 is 0. The van der Waals surface area contributed by atoms with Gasteiger partial charge in [-0.05, 0) is 42.0 Å². The Balaban J connectivity index is 1.67. The summed E-state index contributed by atoms with van der Waals surface area (Å²) in [4.78, 5) is 20.2. The van der Waals surface area contributed by atoms with Gasteiger partial charge in [-0.1, -0.05) is 23.7 Å². The number of carbonyl (C=O) groups is 1. The van der Waals surface area contributed by atoms with E-state index in [1.54, 1.807) is 18.6 Å². The molecule has 2 aromatic heterocycles. The third-order valence-electron chi connectivity index (χ3n) is 4.00. The Morgan fingerprint density at radius 3 is 2.78 bits per heavy atom. The largest absolute Gasteiger partial charge is 0.310 e.